The Morgan fingerprint density at radius 3 is 2.16 bits per heavy atom. The molecule has 8 amide bonds. The maximum atomic E-state index is 16.3. The van der Waals surface area contributed by atoms with Gasteiger partial charge in [-0.05, 0) is 144 Å². The lowest BCUT2D eigenvalue weighted by atomic mass is 9.73. The summed E-state index contributed by atoms with van der Waals surface area (Å²) in [5.74, 6) is -14.9. The predicted octanol–water partition coefficient (Wildman–Crippen LogP) is -2.09. The standard InChI is InChI=1S/C72H97Cl2N11O23/c1-28(2)18-39(77-6)64(96)83-54-57(91)32-11-14-43(37(73)20-32)104-45-22-34-23-46(61(45)108-71-62(60(94)59(93)47(27-86)106-71)107-49-26-72(5,76)63(95)30(4)103-49)105-44-15-12-33(21-38(44)74)58(92)55-70(102)82-53(66(98)78-16-9-17-85(7)8)36-24-42(88)29(3)56(90)50(36)35-19-31(10-13-41(35)87)51(67(99)84-55)81-68(100)52(34)80-65(97)40(25-48(75)89)79-69(54)101/h10,12-13,15,20,22-24,28-30,35,38-40,42,47,49,51-55,57-60,62-63,71,77,86-88,90-95H,9,11,14,16-19,21,25-27,76H2,1-8H3,(H2,75,89)(H,78,98)(H,79,101)(H,80,97)(H,81,100)(H,82,102)(H,83,96)(H,84,99)/t29?,30?,35?,38?,39-,40+,42?,47?,49+,51?,52-,53+,54-,55+,57-,58-,59?,60+,62?,63-,71-,72?/m1/s1. The van der Waals surface area contributed by atoms with Crippen molar-refractivity contribution in [1.82, 2.24) is 47.4 Å². The van der Waals surface area contributed by atoms with E-state index in [1.807, 2.05) is 32.8 Å². The molecule has 11 bridgehead atoms. The third kappa shape index (κ3) is 18.2. The van der Waals surface area contributed by atoms with Crippen molar-refractivity contribution in [3.8, 4) is 17.2 Å². The van der Waals surface area contributed by atoms with Gasteiger partial charge in [-0.15, -0.1) is 11.6 Å². The Morgan fingerprint density at radius 2 is 1.51 bits per heavy atom. The van der Waals surface area contributed by atoms with Crippen LogP contribution in [0.3, 0.4) is 0 Å². The van der Waals surface area contributed by atoms with Crippen LogP contribution >= 0.6 is 23.2 Å². The number of carbonyl (C=O) groups excluding carboxylic acids is 8. The number of nitrogens with two attached hydrogens (primary N) is 2. The minimum Gasteiger partial charge on any atom is -0.512 e. The zero-order valence-electron chi connectivity index (χ0n) is 60.7. The highest BCUT2D eigenvalue weighted by molar-refractivity contribution is 6.31. The van der Waals surface area contributed by atoms with E-state index in [9.17, 15) is 65.1 Å². The van der Waals surface area contributed by atoms with Crippen LogP contribution in [0.15, 0.2) is 105 Å². The number of primary amides is 1. The van der Waals surface area contributed by atoms with Crippen molar-refractivity contribution in [3.05, 3.63) is 110 Å². The molecule has 7 aliphatic heterocycles. The second-order valence-corrected chi connectivity index (χ2v) is 30.4. The number of carbonyl (C=O) groups is 8. The van der Waals surface area contributed by atoms with Crippen LogP contribution in [0.5, 0.6) is 17.2 Å². The number of ether oxygens (including phenoxy) is 6. The van der Waals surface area contributed by atoms with Gasteiger partial charge in [0.2, 0.25) is 59.3 Å². The summed E-state index contributed by atoms with van der Waals surface area (Å²) < 4.78 is 38.9. The summed E-state index contributed by atoms with van der Waals surface area (Å²) in [4.78, 5) is 122. The van der Waals surface area contributed by atoms with Gasteiger partial charge in [0.25, 0.3) is 0 Å². The molecule has 0 spiro atoms. The van der Waals surface area contributed by atoms with E-state index in [2.05, 4.69) is 42.5 Å². The van der Waals surface area contributed by atoms with Crippen LogP contribution in [0.1, 0.15) is 97.6 Å². The molecule has 22 atom stereocenters. The van der Waals surface area contributed by atoms with Crippen molar-refractivity contribution in [2.75, 3.05) is 40.8 Å². The SMILES string of the molecule is CN[C@H](CC(C)C)C(=O)N[C@H]1C(=O)N[C@@H](CC(N)=O)C(=O)N[C@H]2C(=O)NC3C(=O)N[C@H](C(=O)N[C@H](C(=O)NCCCN(C)C)C4=CC(O)C(C)C(O)=C4C4CC3=CC=C4O)[C@H](O)C3=CC=C(Oc4cc2cc(c4O[C@H]2OC(CO)C(O)[C@H](O)C2O[C@H]2CC(C)(N)[C@H](O)C(C)O2)OC2=C(Cl)C=C(CC2)[C@H]1O)C(Cl)C3. The normalized spacial score (nSPS) is 34.4. The first-order valence-electron chi connectivity index (χ1n) is 35.7. The maximum Gasteiger partial charge on any atom is 0.248 e. The smallest absolute Gasteiger partial charge is 0.248 e. The molecule has 34 nitrogen and oxygen atoms in total. The van der Waals surface area contributed by atoms with E-state index in [-0.39, 0.29) is 88.1 Å². The number of nitrogens with zero attached hydrogens (tertiary/aromatic N) is 1. The summed E-state index contributed by atoms with van der Waals surface area (Å²) in [6.07, 6.45) is -13.0. The molecule has 108 heavy (non-hydrogen) atoms. The van der Waals surface area contributed by atoms with Crippen molar-refractivity contribution >= 4 is 70.5 Å². The average Bonchev–Trinajstić information content (AvgIpc) is 0.761. The number of benzene rings is 1. The van der Waals surface area contributed by atoms with Gasteiger partial charge < -0.3 is 133 Å². The van der Waals surface area contributed by atoms with Crippen LogP contribution in [0.25, 0.3) is 0 Å². The van der Waals surface area contributed by atoms with Gasteiger partial charge in [-0.3, -0.25) is 38.4 Å². The largest absolute Gasteiger partial charge is 0.512 e. The van der Waals surface area contributed by atoms with Crippen LogP contribution < -0.4 is 68.2 Å². The highest BCUT2D eigenvalue weighted by atomic mass is 35.5. The van der Waals surface area contributed by atoms with Crippen LogP contribution in [0.4, 0.5) is 0 Å². The average molecular weight is 1560 g/mol. The van der Waals surface area contributed by atoms with Crippen molar-refractivity contribution in [1.29, 1.82) is 0 Å². The Morgan fingerprint density at radius 1 is 0.824 bits per heavy atom. The number of nitrogens with one attached hydrogen (secondary N) is 8. The van der Waals surface area contributed by atoms with Crippen LogP contribution in [0, 0.1) is 17.8 Å². The minimum absolute atomic E-state index is 0.0388. The van der Waals surface area contributed by atoms with E-state index in [1.54, 1.807) is 0 Å². The van der Waals surface area contributed by atoms with Gasteiger partial charge in [-0.25, -0.2) is 0 Å². The van der Waals surface area contributed by atoms with Gasteiger partial charge in [-0.1, -0.05) is 44.5 Å². The number of aliphatic hydroxyl groups is 9. The second-order valence-electron chi connectivity index (χ2n) is 29.5. The molecular formula is C72H97Cl2N11O23. The molecule has 0 radical (unpaired) electrons. The third-order valence-corrected chi connectivity index (χ3v) is 21.3. The number of alkyl halides is 1. The van der Waals surface area contributed by atoms with Gasteiger partial charge >= 0.3 is 0 Å². The first-order chi connectivity index (χ1) is 51.0. The van der Waals surface area contributed by atoms with Crippen LogP contribution in [0.2, 0.25) is 0 Å². The van der Waals surface area contributed by atoms with E-state index >= 15 is 19.2 Å². The van der Waals surface area contributed by atoms with Crippen LogP contribution in [-0.4, -0.2) is 254 Å². The summed E-state index contributed by atoms with van der Waals surface area (Å²) >= 11 is 14.5. The monoisotopic (exact) mass is 1550 g/mol. The van der Waals surface area contributed by atoms with Gasteiger partial charge in [0.1, 0.15) is 89.8 Å². The summed E-state index contributed by atoms with van der Waals surface area (Å²) in [6, 6.07) is -11.1. The first kappa shape index (κ1) is 82.5. The Kier molecular flexibility index (Phi) is 26.3. The van der Waals surface area contributed by atoms with E-state index in [1.165, 1.54) is 58.2 Å². The van der Waals surface area contributed by atoms with Gasteiger partial charge in [0.15, 0.2) is 23.9 Å². The van der Waals surface area contributed by atoms with E-state index < -0.39 is 234 Å². The highest BCUT2D eigenvalue weighted by Crippen LogP contribution is 2.48. The molecule has 10 unspecified atom stereocenters. The fourth-order valence-corrected chi connectivity index (χ4v) is 15.0. The fraction of sp³-hybridized carbons (Fsp3) is 0.583. The van der Waals surface area contributed by atoms with Gasteiger partial charge in [0.05, 0.1) is 47.8 Å². The zero-order valence-corrected chi connectivity index (χ0v) is 62.2. The third-order valence-electron chi connectivity index (χ3n) is 20.6. The number of fused-ring (bicyclic) bond motifs is 15. The fourth-order valence-electron chi connectivity index (χ4n) is 14.4. The number of rotatable bonds is 17. The number of hydrogen-bond acceptors (Lipinski definition) is 26. The number of likely N-dealkylation sites (N-methyl/N-ethyl adjacent to an activating group) is 1. The number of allylic oxidation sites excluding steroid dienone is 9. The van der Waals surface area contributed by atoms with Crippen LogP contribution in [-0.2, 0) is 52.6 Å². The molecular weight excluding hydrogens is 1460 g/mol. The molecule has 1 aromatic rings. The Bertz CT molecular complexity index is 3930. The molecule has 12 rings (SSSR count). The lowest BCUT2D eigenvalue weighted by Crippen LogP contribution is -2.64. The minimum atomic E-state index is -2.27. The van der Waals surface area contributed by atoms with E-state index in [4.69, 9.17) is 63.1 Å². The Labute approximate surface area is 632 Å². The molecule has 4 aliphatic carbocycles. The lowest BCUT2D eigenvalue weighted by molar-refractivity contribution is -0.333. The summed E-state index contributed by atoms with van der Waals surface area (Å²) in [6.45, 7) is 7.79. The molecule has 0 saturated carbocycles. The van der Waals surface area contributed by atoms with Gasteiger partial charge in [-0.2, -0.15) is 0 Å². The molecule has 3 fully saturated rings. The van der Waals surface area contributed by atoms with Crippen molar-refractivity contribution in [2.45, 2.75) is 207 Å². The molecule has 36 heteroatoms. The predicted molar refractivity (Wildman–Crippen MR) is 384 cm³/mol. The van der Waals surface area contributed by atoms with Crippen molar-refractivity contribution in [2.24, 2.45) is 29.2 Å². The number of halogens is 2. The molecule has 7 heterocycles. The van der Waals surface area contributed by atoms with E-state index in [0.717, 1.165) is 18.2 Å². The first-order valence-corrected chi connectivity index (χ1v) is 36.5. The van der Waals surface area contributed by atoms with Gasteiger partial charge in [0, 0.05) is 42.3 Å². The Hall–Kier alpha value is -8.04. The lowest BCUT2D eigenvalue weighted by Gasteiger charge is -2.47. The number of aliphatic hydroxyl groups excluding tert-OH is 9. The molecule has 3 saturated heterocycles. The second kappa shape index (κ2) is 34.5. The summed E-state index contributed by atoms with van der Waals surface area (Å²) in [7, 11) is 5.13. The molecule has 1 aromatic carbocycles. The van der Waals surface area contributed by atoms with Crippen molar-refractivity contribution < 1.29 is 113 Å². The number of amides is 8. The maximum absolute atomic E-state index is 16.3. The zero-order chi connectivity index (χ0) is 78.8. The quantitative estimate of drug-likeness (QED) is 0.0587. The molecule has 21 N–H and O–H groups in total. The molecule has 592 valence electrons. The Balaban J connectivity index is 1.21. The summed E-state index contributed by atoms with van der Waals surface area (Å²) in [5.41, 5.74) is 10.1. The van der Waals surface area contributed by atoms with E-state index in [0.29, 0.717) is 13.0 Å². The van der Waals surface area contributed by atoms with Crippen molar-refractivity contribution in [3.63, 3.8) is 0 Å². The number of hydrogen-bond donors (Lipinski definition) is 19. The summed E-state index contributed by atoms with van der Waals surface area (Å²) in [5, 5.41) is 126. The molecule has 11 aliphatic rings. The highest BCUT2D eigenvalue weighted by Gasteiger charge is 2.52. The topological polar surface area (TPSA) is 526 Å². The molecule has 0 aromatic heterocycles.